The van der Waals surface area contributed by atoms with Crippen LogP contribution < -0.4 is 9.47 Å². The van der Waals surface area contributed by atoms with Gasteiger partial charge in [0.25, 0.3) is 0 Å². The molecule has 0 bridgehead atoms. The molecule has 0 saturated heterocycles. The van der Waals surface area contributed by atoms with Crippen molar-refractivity contribution < 1.29 is 23.8 Å². The average molecular weight is 360 g/mol. The molecule has 0 aliphatic rings. The first-order chi connectivity index (χ1) is 11.3. The fourth-order valence-electron chi connectivity index (χ4n) is 3.37. The van der Waals surface area contributed by atoms with Crippen molar-refractivity contribution in [3.8, 4) is 11.5 Å². The van der Waals surface area contributed by atoms with Gasteiger partial charge in [-0.1, -0.05) is 27.7 Å². The Balaban J connectivity index is 0.00000118. The molecule has 1 aromatic carbocycles. The molecule has 140 valence electrons. The van der Waals surface area contributed by atoms with Gasteiger partial charge < -0.3 is 19.3 Å². The molecule has 6 heteroatoms. The molecule has 0 spiro atoms. The third-order valence-corrected chi connectivity index (χ3v) is 4.42. The lowest BCUT2D eigenvalue weighted by Gasteiger charge is -2.26. The molecule has 0 radical (unpaired) electrons. The average Bonchev–Trinajstić information content (AvgIpc) is 2.55. The Labute approximate surface area is 147 Å². The van der Waals surface area contributed by atoms with E-state index in [0.29, 0.717) is 5.92 Å². The molecule has 1 aromatic rings. The molecule has 0 heterocycles. The highest BCUT2D eigenvalue weighted by Gasteiger charge is 2.25. The second kappa shape index (κ2) is 11.5. The van der Waals surface area contributed by atoms with E-state index in [2.05, 4.69) is 34.6 Å². The van der Waals surface area contributed by atoms with Crippen LogP contribution in [0.2, 0.25) is 0 Å². The van der Waals surface area contributed by atoms with Gasteiger partial charge >= 0.3 is 8.25 Å². The SMILES string of the molecule is CCc1c(C)c(OC)c(CC)c(C(CC)CC)c1OC.O=[PH](O)O. The van der Waals surface area contributed by atoms with Crippen molar-refractivity contribution in [2.24, 2.45) is 0 Å². The maximum Gasteiger partial charge on any atom is 0.314 e. The Hall–Kier alpha value is -1.03. The summed E-state index contributed by atoms with van der Waals surface area (Å²) in [6.45, 7) is 11.0. The number of methoxy groups -OCH3 is 2. The first-order valence-corrected chi connectivity index (χ1v) is 9.82. The van der Waals surface area contributed by atoms with E-state index in [1.54, 1.807) is 14.2 Å². The highest BCUT2D eigenvalue weighted by atomic mass is 31.1. The van der Waals surface area contributed by atoms with Crippen LogP contribution in [0.15, 0.2) is 0 Å². The molecule has 0 aromatic heterocycles. The minimum Gasteiger partial charge on any atom is -0.496 e. The van der Waals surface area contributed by atoms with Crippen molar-refractivity contribution in [1.82, 2.24) is 0 Å². The zero-order valence-electron chi connectivity index (χ0n) is 16.0. The van der Waals surface area contributed by atoms with E-state index >= 15 is 0 Å². The van der Waals surface area contributed by atoms with E-state index < -0.39 is 8.25 Å². The largest absolute Gasteiger partial charge is 0.496 e. The number of rotatable bonds is 7. The topological polar surface area (TPSA) is 76.0 Å². The smallest absolute Gasteiger partial charge is 0.314 e. The Bertz CT molecular complexity index is 502. The van der Waals surface area contributed by atoms with Gasteiger partial charge in [-0.3, -0.25) is 4.57 Å². The summed E-state index contributed by atoms with van der Waals surface area (Å²) in [6, 6.07) is 0. The summed E-state index contributed by atoms with van der Waals surface area (Å²) >= 11 is 0. The molecule has 24 heavy (non-hydrogen) atoms. The number of hydrogen-bond acceptors (Lipinski definition) is 3. The van der Waals surface area contributed by atoms with Crippen molar-refractivity contribution in [1.29, 1.82) is 0 Å². The minimum absolute atomic E-state index is 0.541. The van der Waals surface area contributed by atoms with Crippen LogP contribution in [0.4, 0.5) is 0 Å². The molecule has 1 rings (SSSR count). The molecule has 0 aliphatic carbocycles. The second-order valence-corrected chi connectivity index (χ2v) is 6.13. The number of hydrogen-bond donors (Lipinski definition) is 2. The Morgan fingerprint density at radius 2 is 1.33 bits per heavy atom. The normalized spacial score (nSPS) is 10.6. The maximum atomic E-state index is 8.74. The molecule has 2 N–H and O–H groups in total. The van der Waals surface area contributed by atoms with Crippen LogP contribution in [0, 0.1) is 6.92 Å². The molecule has 5 nitrogen and oxygen atoms in total. The van der Waals surface area contributed by atoms with E-state index in [0.717, 1.165) is 37.2 Å². The van der Waals surface area contributed by atoms with Gasteiger partial charge in [-0.05, 0) is 44.1 Å². The second-order valence-electron chi connectivity index (χ2n) is 5.57. The fourth-order valence-corrected chi connectivity index (χ4v) is 3.37. The molecule has 0 unspecified atom stereocenters. The monoisotopic (exact) mass is 360 g/mol. The molecule has 0 aliphatic heterocycles. The highest BCUT2D eigenvalue weighted by molar-refractivity contribution is 7.30. The standard InChI is InChI=1S/C18H30O2.H3O3P/c1-8-13(9-2)16-15(11-4)17(19-6)12(5)14(10-3)18(16)20-7;1-4(2)3/h13H,8-11H2,1-7H3;4H,(H2,1,2,3). The lowest BCUT2D eigenvalue weighted by Crippen LogP contribution is -2.10. The van der Waals surface area contributed by atoms with E-state index in [9.17, 15) is 0 Å². The van der Waals surface area contributed by atoms with Crippen LogP contribution in [0.1, 0.15) is 68.7 Å². The first-order valence-electron chi connectivity index (χ1n) is 8.52. The van der Waals surface area contributed by atoms with Crippen LogP contribution in [-0.4, -0.2) is 24.0 Å². The van der Waals surface area contributed by atoms with Crippen LogP contribution >= 0.6 is 8.25 Å². The van der Waals surface area contributed by atoms with Crippen molar-refractivity contribution in [3.63, 3.8) is 0 Å². The van der Waals surface area contributed by atoms with Gasteiger partial charge in [-0.25, -0.2) is 0 Å². The van der Waals surface area contributed by atoms with Gasteiger partial charge in [0.05, 0.1) is 14.2 Å². The predicted octanol–water partition coefficient (Wildman–Crippen LogP) is 4.40. The molecular weight excluding hydrogens is 327 g/mol. The molecule has 0 amide bonds. The summed E-state index contributed by atoms with van der Waals surface area (Å²) in [6.07, 6.45) is 4.23. The Morgan fingerprint density at radius 3 is 1.62 bits per heavy atom. The summed E-state index contributed by atoms with van der Waals surface area (Å²) in [4.78, 5) is 14.3. The summed E-state index contributed by atoms with van der Waals surface area (Å²) < 4.78 is 20.3. The van der Waals surface area contributed by atoms with E-state index in [-0.39, 0.29) is 0 Å². The van der Waals surface area contributed by atoms with Gasteiger partial charge in [-0.15, -0.1) is 0 Å². The third-order valence-electron chi connectivity index (χ3n) is 4.42. The van der Waals surface area contributed by atoms with Gasteiger partial charge in [0, 0.05) is 16.7 Å². The van der Waals surface area contributed by atoms with Crippen LogP contribution in [-0.2, 0) is 17.4 Å². The summed E-state index contributed by atoms with van der Waals surface area (Å²) in [7, 11) is 0.450. The van der Waals surface area contributed by atoms with Gasteiger partial charge in [0.2, 0.25) is 0 Å². The number of ether oxygens (including phenoxy) is 2. The Kier molecular flexibility index (Phi) is 11.0. The van der Waals surface area contributed by atoms with Crippen molar-refractivity contribution in [2.45, 2.75) is 66.2 Å². The van der Waals surface area contributed by atoms with Crippen molar-refractivity contribution in [2.75, 3.05) is 14.2 Å². The lowest BCUT2D eigenvalue weighted by molar-refractivity contribution is 0.382. The van der Waals surface area contributed by atoms with Crippen LogP contribution in [0.5, 0.6) is 11.5 Å². The Morgan fingerprint density at radius 1 is 0.917 bits per heavy atom. The predicted molar refractivity (Wildman–Crippen MR) is 99.8 cm³/mol. The van der Waals surface area contributed by atoms with Gasteiger partial charge in [0.1, 0.15) is 11.5 Å². The zero-order valence-corrected chi connectivity index (χ0v) is 17.0. The summed E-state index contributed by atoms with van der Waals surface area (Å²) in [5, 5.41) is 0. The fraction of sp³-hybridized carbons (Fsp3) is 0.667. The minimum atomic E-state index is -3.13. The molecule has 0 fully saturated rings. The first kappa shape index (κ1) is 23.0. The van der Waals surface area contributed by atoms with Crippen LogP contribution in [0.25, 0.3) is 0 Å². The van der Waals surface area contributed by atoms with Crippen molar-refractivity contribution >= 4 is 8.25 Å². The van der Waals surface area contributed by atoms with Gasteiger partial charge in [-0.2, -0.15) is 0 Å². The van der Waals surface area contributed by atoms with E-state index in [1.165, 1.54) is 22.3 Å². The van der Waals surface area contributed by atoms with Gasteiger partial charge in [0.15, 0.2) is 0 Å². The molecule has 0 saturated carbocycles. The molecule has 0 atom stereocenters. The molecular formula is C18H33O5P. The third kappa shape index (κ3) is 5.51. The quantitative estimate of drug-likeness (QED) is 0.705. The maximum absolute atomic E-state index is 8.74. The van der Waals surface area contributed by atoms with E-state index in [1.807, 2.05) is 0 Å². The van der Waals surface area contributed by atoms with E-state index in [4.69, 9.17) is 23.8 Å². The highest BCUT2D eigenvalue weighted by Crippen LogP contribution is 2.44. The lowest BCUT2D eigenvalue weighted by atomic mass is 9.84. The number of benzene rings is 1. The summed E-state index contributed by atoms with van der Waals surface area (Å²) in [5.41, 5.74) is 5.23. The van der Waals surface area contributed by atoms with Crippen molar-refractivity contribution in [3.05, 3.63) is 22.3 Å². The summed E-state index contributed by atoms with van der Waals surface area (Å²) in [5.74, 6) is 2.70. The van der Waals surface area contributed by atoms with Crippen LogP contribution in [0.3, 0.4) is 0 Å². The zero-order chi connectivity index (χ0) is 18.9.